The van der Waals surface area contributed by atoms with Crippen LogP contribution in [0.15, 0.2) is 22.8 Å². The van der Waals surface area contributed by atoms with Gasteiger partial charge in [-0.2, -0.15) is 5.10 Å². The van der Waals surface area contributed by atoms with Gasteiger partial charge in [0.05, 0.1) is 22.4 Å². The molecule has 2 rings (SSSR count). The van der Waals surface area contributed by atoms with Crippen LogP contribution in [-0.4, -0.2) is 16.3 Å². The van der Waals surface area contributed by atoms with Crippen molar-refractivity contribution in [2.45, 2.75) is 46.2 Å². The lowest BCUT2D eigenvalue weighted by atomic mass is 10.1. The van der Waals surface area contributed by atoms with Crippen molar-refractivity contribution in [1.29, 1.82) is 0 Å². The highest BCUT2D eigenvalue weighted by molar-refractivity contribution is 9.10. The van der Waals surface area contributed by atoms with Crippen LogP contribution in [0.2, 0.25) is 0 Å². The molecule has 1 unspecified atom stereocenters. The van der Waals surface area contributed by atoms with Gasteiger partial charge in [-0.05, 0) is 54.4 Å². The van der Waals surface area contributed by atoms with E-state index in [1.165, 1.54) is 15.4 Å². The molecule has 0 saturated heterocycles. The minimum Gasteiger partial charge on any atom is -0.304 e. The lowest BCUT2D eigenvalue weighted by Gasteiger charge is -2.19. The normalized spacial score (nSPS) is 12.8. The van der Waals surface area contributed by atoms with Crippen molar-refractivity contribution in [3.8, 4) is 0 Å². The van der Waals surface area contributed by atoms with Crippen molar-refractivity contribution < 1.29 is 0 Å². The van der Waals surface area contributed by atoms with Crippen LogP contribution in [0.3, 0.4) is 0 Å². The van der Waals surface area contributed by atoms with E-state index in [-0.39, 0.29) is 6.04 Å². The first-order valence-corrected chi connectivity index (χ1v) is 8.79. The Labute approximate surface area is 133 Å². The van der Waals surface area contributed by atoms with Crippen LogP contribution in [0.25, 0.3) is 0 Å². The highest BCUT2D eigenvalue weighted by Gasteiger charge is 2.22. The van der Waals surface area contributed by atoms with E-state index in [1.807, 2.05) is 17.5 Å². The molecule has 2 aromatic heterocycles. The highest BCUT2D eigenvalue weighted by Crippen LogP contribution is 2.32. The Kier molecular flexibility index (Phi) is 5.81. The number of aryl methyl sites for hydroxylation is 2. The molecule has 0 aromatic carbocycles. The third kappa shape index (κ3) is 3.51. The van der Waals surface area contributed by atoms with Crippen molar-refractivity contribution in [2.75, 3.05) is 6.54 Å². The van der Waals surface area contributed by atoms with Crippen LogP contribution >= 0.6 is 27.3 Å². The first-order chi connectivity index (χ1) is 9.67. The number of hydrogen-bond donors (Lipinski definition) is 1. The summed E-state index contributed by atoms with van der Waals surface area (Å²) in [6, 6.07) is 4.63. The fourth-order valence-corrected chi connectivity index (χ4v) is 3.76. The van der Waals surface area contributed by atoms with E-state index in [9.17, 15) is 0 Å². The molecule has 0 aliphatic rings. The van der Waals surface area contributed by atoms with E-state index >= 15 is 0 Å². The SMILES string of the molecule is CCCNC(c1ccc(C)s1)c1c(Br)cnn1CCC. The maximum atomic E-state index is 4.50. The first-order valence-electron chi connectivity index (χ1n) is 7.18. The third-order valence-corrected chi connectivity index (χ3v) is 4.86. The number of halogens is 1. The lowest BCUT2D eigenvalue weighted by Crippen LogP contribution is -2.25. The maximum Gasteiger partial charge on any atom is 0.0853 e. The van der Waals surface area contributed by atoms with Gasteiger partial charge in [0.2, 0.25) is 0 Å². The summed E-state index contributed by atoms with van der Waals surface area (Å²) in [5.41, 5.74) is 1.24. The summed E-state index contributed by atoms with van der Waals surface area (Å²) < 4.78 is 3.21. The molecule has 0 aliphatic carbocycles. The number of rotatable bonds is 7. The minimum absolute atomic E-state index is 0.220. The summed E-state index contributed by atoms with van der Waals surface area (Å²) in [5.74, 6) is 0. The van der Waals surface area contributed by atoms with Crippen LogP contribution in [-0.2, 0) is 6.54 Å². The van der Waals surface area contributed by atoms with Gasteiger partial charge in [0.15, 0.2) is 0 Å². The summed E-state index contributed by atoms with van der Waals surface area (Å²) >= 11 is 5.52. The molecule has 5 heteroatoms. The van der Waals surface area contributed by atoms with Crippen molar-refractivity contribution in [2.24, 2.45) is 0 Å². The lowest BCUT2D eigenvalue weighted by molar-refractivity contribution is 0.514. The van der Waals surface area contributed by atoms with Crippen molar-refractivity contribution in [1.82, 2.24) is 15.1 Å². The smallest absolute Gasteiger partial charge is 0.0853 e. The number of nitrogens with zero attached hydrogens (tertiary/aromatic N) is 2. The molecule has 1 N–H and O–H groups in total. The monoisotopic (exact) mass is 355 g/mol. The van der Waals surface area contributed by atoms with Gasteiger partial charge in [-0.25, -0.2) is 0 Å². The van der Waals surface area contributed by atoms with Gasteiger partial charge in [-0.1, -0.05) is 13.8 Å². The molecule has 110 valence electrons. The Bertz CT molecular complexity index is 547. The Hall–Kier alpha value is -0.650. The number of hydrogen-bond acceptors (Lipinski definition) is 3. The average molecular weight is 356 g/mol. The van der Waals surface area contributed by atoms with Gasteiger partial charge in [-0.15, -0.1) is 11.3 Å². The van der Waals surface area contributed by atoms with Gasteiger partial charge in [0.1, 0.15) is 0 Å². The zero-order chi connectivity index (χ0) is 14.5. The van der Waals surface area contributed by atoms with E-state index in [0.29, 0.717) is 0 Å². The fourth-order valence-electron chi connectivity index (χ4n) is 2.28. The molecule has 2 aromatic rings. The first kappa shape index (κ1) is 15.7. The fraction of sp³-hybridized carbons (Fsp3) is 0.533. The van der Waals surface area contributed by atoms with Crippen LogP contribution in [0.1, 0.15) is 48.2 Å². The van der Waals surface area contributed by atoms with Gasteiger partial charge < -0.3 is 5.32 Å². The number of thiophene rings is 1. The molecular weight excluding hydrogens is 334 g/mol. The van der Waals surface area contributed by atoms with Gasteiger partial charge in [-0.3, -0.25) is 4.68 Å². The van der Waals surface area contributed by atoms with Crippen molar-refractivity contribution in [3.05, 3.63) is 38.3 Å². The molecule has 0 amide bonds. The molecular formula is C15H22BrN3S. The minimum atomic E-state index is 0.220. The Balaban J connectivity index is 2.37. The zero-order valence-corrected chi connectivity index (χ0v) is 14.7. The van der Waals surface area contributed by atoms with Gasteiger partial charge in [0, 0.05) is 16.3 Å². The Morgan fingerprint density at radius 3 is 2.75 bits per heavy atom. The van der Waals surface area contributed by atoms with E-state index in [0.717, 1.165) is 30.4 Å². The van der Waals surface area contributed by atoms with Gasteiger partial charge >= 0.3 is 0 Å². The van der Waals surface area contributed by atoms with E-state index in [1.54, 1.807) is 0 Å². The molecule has 0 aliphatic heterocycles. The molecule has 0 saturated carbocycles. The van der Waals surface area contributed by atoms with Crippen molar-refractivity contribution in [3.63, 3.8) is 0 Å². The summed E-state index contributed by atoms with van der Waals surface area (Å²) in [4.78, 5) is 2.70. The molecule has 20 heavy (non-hydrogen) atoms. The van der Waals surface area contributed by atoms with E-state index in [2.05, 4.69) is 63.9 Å². The van der Waals surface area contributed by atoms with Crippen LogP contribution in [0, 0.1) is 6.92 Å². The third-order valence-electron chi connectivity index (χ3n) is 3.19. The molecule has 1 atom stereocenters. The van der Waals surface area contributed by atoms with E-state index < -0.39 is 0 Å². The van der Waals surface area contributed by atoms with Gasteiger partial charge in [0.25, 0.3) is 0 Å². The molecule has 2 heterocycles. The van der Waals surface area contributed by atoms with Crippen LogP contribution in [0.4, 0.5) is 0 Å². The average Bonchev–Trinajstić information content (AvgIpc) is 3.00. The second-order valence-corrected chi connectivity index (χ2v) is 7.11. The standard InChI is InChI=1S/C15H22BrN3S/c1-4-8-17-14(13-7-6-11(3)20-13)15-12(16)10-18-19(15)9-5-2/h6-7,10,14,17H,4-5,8-9H2,1-3H3. The molecule has 0 spiro atoms. The molecule has 0 bridgehead atoms. The highest BCUT2D eigenvalue weighted by atomic mass is 79.9. The molecule has 0 radical (unpaired) electrons. The Morgan fingerprint density at radius 1 is 1.35 bits per heavy atom. The maximum absolute atomic E-state index is 4.50. The van der Waals surface area contributed by atoms with Crippen LogP contribution < -0.4 is 5.32 Å². The summed E-state index contributed by atoms with van der Waals surface area (Å²) in [6.07, 6.45) is 4.12. The predicted molar refractivity (Wildman–Crippen MR) is 89.4 cm³/mol. The van der Waals surface area contributed by atoms with Crippen LogP contribution in [0.5, 0.6) is 0 Å². The summed E-state index contributed by atoms with van der Waals surface area (Å²) in [7, 11) is 0. The second kappa shape index (κ2) is 7.38. The second-order valence-electron chi connectivity index (χ2n) is 4.94. The predicted octanol–water partition coefficient (Wildman–Crippen LogP) is 4.51. The zero-order valence-electron chi connectivity index (χ0n) is 12.3. The number of aromatic nitrogens is 2. The quantitative estimate of drug-likeness (QED) is 0.791. The van der Waals surface area contributed by atoms with Crippen molar-refractivity contribution >= 4 is 27.3 Å². The summed E-state index contributed by atoms with van der Waals surface area (Å²) in [5, 5.41) is 8.16. The number of nitrogens with one attached hydrogen (secondary N) is 1. The Morgan fingerprint density at radius 2 is 2.15 bits per heavy atom. The summed E-state index contributed by atoms with van der Waals surface area (Å²) in [6.45, 7) is 8.50. The largest absolute Gasteiger partial charge is 0.304 e. The molecule has 3 nitrogen and oxygen atoms in total. The topological polar surface area (TPSA) is 29.9 Å². The molecule has 0 fully saturated rings. The van der Waals surface area contributed by atoms with E-state index in [4.69, 9.17) is 0 Å².